The molecule has 0 spiro atoms. The lowest BCUT2D eigenvalue weighted by atomic mass is 9.45. The molecule has 0 bridgehead atoms. The van der Waals surface area contributed by atoms with Crippen molar-refractivity contribution >= 4 is 11.8 Å². The molecule has 0 amide bonds. The molecule has 164 valence electrons. The van der Waals surface area contributed by atoms with Crippen molar-refractivity contribution in [3.63, 3.8) is 0 Å². The van der Waals surface area contributed by atoms with Crippen LogP contribution in [0.25, 0.3) is 0 Å². The summed E-state index contributed by atoms with van der Waals surface area (Å²) < 4.78 is 44.6. The standard InChI is InChI=1S/C23H33F3O3/c1-13(27)29-16-6-8-21(2)15(11-16)4-5-17-18(21)7-9-22(3)19(17)10-14(20(22)28)12-23(24,25)26/h14-19H,4-12H2,1-3H3/t14-,15+,16+,17-,18+,19+,21+,22+/m1/s1. The highest BCUT2D eigenvalue weighted by atomic mass is 19.4. The zero-order valence-electron chi connectivity index (χ0n) is 17.7. The van der Waals surface area contributed by atoms with Crippen molar-refractivity contribution in [3.8, 4) is 0 Å². The Morgan fingerprint density at radius 1 is 1.07 bits per heavy atom. The number of fused-ring (bicyclic) bond motifs is 5. The second-order valence-electron chi connectivity index (χ2n) is 10.7. The number of hydrogen-bond acceptors (Lipinski definition) is 3. The van der Waals surface area contributed by atoms with Gasteiger partial charge in [-0.25, -0.2) is 0 Å². The fraction of sp³-hybridized carbons (Fsp3) is 0.913. The van der Waals surface area contributed by atoms with Gasteiger partial charge >= 0.3 is 12.1 Å². The summed E-state index contributed by atoms with van der Waals surface area (Å²) in [6.07, 6.45) is 1.62. The quantitative estimate of drug-likeness (QED) is 0.544. The van der Waals surface area contributed by atoms with Crippen LogP contribution in [0.5, 0.6) is 0 Å². The molecule has 3 nitrogen and oxygen atoms in total. The van der Waals surface area contributed by atoms with Crippen LogP contribution in [0.1, 0.15) is 78.6 Å². The minimum Gasteiger partial charge on any atom is -0.463 e. The third-order valence-corrected chi connectivity index (χ3v) is 9.29. The number of halogens is 3. The predicted octanol–water partition coefficient (Wildman–Crippen LogP) is 5.71. The average molecular weight is 415 g/mol. The Morgan fingerprint density at radius 2 is 1.79 bits per heavy atom. The van der Waals surface area contributed by atoms with Crippen molar-refractivity contribution in [1.82, 2.24) is 0 Å². The van der Waals surface area contributed by atoms with Crippen molar-refractivity contribution in [2.45, 2.75) is 90.8 Å². The van der Waals surface area contributed by atoms with Crippen molar-refractivity contribution in [2.24, 2.45) is 40.4 Å². The summed E-state index contributed by atoms with van der Waals surface area (Å²) in [6, 6.07) is 0. The molecule has 4 aliphatic rings. The molecule has 0 aliphatic heterocycles. The molecule has 8 atom stereocenters. The first-order chi connectivity index (χ1) is 13.4. The summed E-state index contributed by atoms with van der Waals surface area (Å²) >= 11 is 0. The molecule has 0 unspecified atom stereocenters. The highest BCUT2D eigenvalue weighted by Gasteiger charge is 2.63. The van der Waals surface area contributed by atoms with E-state index in [9.17, 15) is 22.8 Å². The Balaban J connectivity index is 1.53. The summed E-state index contributed by atoms with van der Waals surface area (Å²) in [6.45, 7) is 5.75. The van der Waals surface area contributed by atoms with Gasteiger partial charge < -0.3 is 4.74 Å². The summed E-state index contributed by atoms with van der Waals surface area (Å²) in [5.74, 6) is 0.191. The molecular formula is C23H33F3O3. The molecular weight excluding hydrogens is 381 g/mol. The molecule has 0 radical (unpaired) electrons. The van der Waals surface area contributed by atoms with Crippen LogP contribution < -0.4 is 0 Å². The Hall–Kier alpha value is -1.07. The van der Waals surface area contributed by atoms with Crippen LogP contribution >= 0.6 is 0 Å². The summed E-state index contributed by atoms with van der Waals surface area (Å²) in [5.41, 5.74) is -0.429. The van der Waals surface area contributed by atoms with Gasteiger partial charge in [-0.15, -0.1) is 0 Å². The van der Waals surface area contributed by atoms with E-state index < -0.39 is 23.9 Å². The third kappa shape index (κ3) is 3.52. The fourth-order valence-corrected chi connectivity index (χ4v) is 7.96. The van der Waals surface area contributed by atoms with E-state index in [0.29, 0.717) is 24.2 Å². The molecule has 0 aromatic carbocycles. The van der Waals surface area contributed by atoms with Gasteiger partial charge in [0, 0.05) is 18.3 Å². The number of carbonyl (C=O) groups is 2. The van der Waals surface area contributed by atoms with Crippen LogP contribution in [-0.2, 0) is 14.3 Å². The van der Waals surface area contributed by atoms with E-state index in [1.54, 1.807) is 0 Å². The van der Waals surface area contributed by atoms with E-state index in [0.717, 1.165) is 44.9 Å². The lowest BCUT2D eigenvalue weighted by molar-refractivity contribution is -0.160. The maximum Gasteiger partial charge on any atom is 0.389 e. The smallest absolute Gasteiger partial charge is 0.389 e. The number of esters is 1. The van der Waals surface area contributed by atoms with Gasteiger partial charge in [0.25, 0.3) is 0 Å². The van der Waals surface area contributed by atoms with Crippen LogP contribution in [0.4, 0.5) is 13.2 Å². The highest BCUT2D eigenvalue weighted by molar-refractivity contribution is 5.89. The second-order valence-corrected chi connectivity index (χ2v) is 10.7. The van der Waals surface area contributed by atoms with Crippen molar-refractivity contribution < 1.29 is 27.5 Å². The zero-order valence-corrected chi connectivity index (χ0v) is 17.7. The lowest BCUT2D eigenvalue weighted by Crippen LogP contribution is -2.54. The fourth-order valence-electron chi connectivity index (χ4n) is 7.96. The van der Waals surface area contributed by atoms with Crippen LogP contribution in [0, 0.1) is 40.4 Å². The van der Waals surface area contributed by atoms with Crippen LogP contribution in [0.15, 0.2) is 0 Å². The highest BCUT2D eigenvalue weighted by Crippen LogP contribution is 2.66. The predicted molar refractivity (Wildman–Crippen MR) is 102 cm³/mol. The molecule has 29 heavy (non-hydrogen) atoms. The van der Waals surface area contributed by atoms with Gasteiger partial charge in [-0.05, 0) is 80.5 Å². The zero-order chi connectivity index (χ0) is 21.2. The molecule has 4 rings (SSSR count). The van der Waals surface area contributed by atoms with E-state index in [4.69, 9.17) is 4.74 Å². The molecule has 4 saturated carbocycles. The van der Waals surface area contributed by atoms with Crippen molar-refractivity contribution in [2.75, 3.05) is 0 Å². The van der Waals surface area contributed by atoms with E-state index in [-0.39, 0.29) is 29.2 Å². The number of Topliss-reactive ketones (excluding diaryl/α,β-unsaturated/α-hetero) is 1. The number of carbonyl (C=O) groups excluding carboxylic acids is 2. The van der Waals surface area contributed by atoms with Gasteiger partial charge in [0.15, 0.2) is 0 Å². The Kier molecular flexibility index (Phi) is 5.10. The first-order valence-electron chi connectivity index (χ1n) is 11.2. The maximum atomic E-state index is 13.0. The minimum absolute atomic E-state index is 0.000191. The van der Waals surface area contributed by atoms with Gasteiger partial charge in [0.1, 0.15) is 11.9 Å². The molecule has 4 aliphatic carbocycles. The van der Waals surface area contributed by atoms with Gasteiger partial charge in [-0.1, -0.05) is 13.8 Å². The Morgan fingerprint density at radius 3 is 2.45 bits per heavy atom. The van der Waals surface area contributed by atoms with E-state index in [1.165, 1.54) is 6.92 Å². The summed E-state index contributed by atoms with van der Waals surface area (Å²) in [4.78, 5) is 24.3. The van der Waals surface area contributed by atoms with Gasteiger partial charge in [-0.3, -0.25) is 9.59 Å². The summed E-state index contributed by atoms with van der Waals surface area (Å²) in [7, 11) is 0. The molecule has 0 heterocycles. The maximum absolute atomic E-state index is 13.0. The molecule has 6 heteroatoms. The molecule has 0 N–H and O–H groups in total. The Bertz CT molecular complexity index is 689. The van der Waals surface area contributed by atoms with E-state index in [1.807, 2.05) is 6.92 Å². The number of rotatable bonds is 2. The SMILES string of the molecule is CC(=O)O[C@H]1CC[C@@]2(C)[C@@H](CC[C@@H]3[C@@H]2CC[C@]2(C)C(=O)[C@@H](CC(F)(F)F)C[C@@H]32)C1. The van der Waals surface area contributed by atoms with E-state index in [2.05, 4.69) is 6.92 Å². The first kappa shape index (κ1) is 21.2. The van der Waals surface area contributed by atoms with Crippen LogP contribution in [0.2, 0.25) is 0 Å². The largest absolute Gasteiger partial charge is 0.463 e. The van der Waals surface area contributed by atoms with Crippen molar-refractivity contribution in [3.05, 3.63) is 0 Å². The number of alkyl halides is 3. The summed E-state index contributed by atoms with van der Waals surface area (Å²) in [5, 5.41) is 0. The minimum atomic E-state index is -4.28. The molecule has 0 aromatic heterocycles. The third-order valence-electron chi connectivity index (χ3n) is 9.29. The second kappa shape index (κ2) is 6.98. The topological polar surface area (TPSA) is 43.4 Å². The molecule has 4 fully saturated rings. The number of ketones is 1. The van der Waals surface area contributed by atoms with Crippen molar-refractivity contribution in [1.29, 1.82) is 0 Å². The average Bonchev–Trinajstić information content (AvgIpc) is 2.85. The van der Waals surface area contributed by atoms with Gasteiger partial charge in [-0.2, -0.15) is 13.2 Å². The van der Waals surface area contributed by atoms with Crippen LogP contribution in [0.3, 0.4) is 0 Å². The van der Waals surface area contributed by atoms with Gasteiger partial charge in [0.05, 0.1) is 6.42 Å². The monoisotopic (exact) mass is 414 g/mol. The van der Waals surface area contributed by atoms with Crippen LogP contribution in [-0.4, -0.2) is 24.0 Å². The first-order valence-corrected chi connectivity index (χ1v) is 11.2. The Labute approximate surface area is 171 Å². The molecule has 0 aromatic rings. The lowest BCUT2D eigenvalue weighted by Gasteiger charge is -2.60. The van der Waals surface area contributed by atoms with E-state index >= 15 is 0 Å². The van der Waals surface area contributed by atoms with Gasteiger partial charge in [0.2, 0.25) is 0 Å². The normalized spacial score (nSPS) is 47.2. The number of ether oxygens (including phenoxy) is 1. The number of hydrogen-bond donors (Lipinski definition) is 0. The molecule has 0 saturated heterocycles.